The predicted octanol–water partition coefficient (Wildman–Crippen LogP) is 2.11. The highest BCUT2D eigenvalue weighted by molar-refractivity contribution is 7.90. The zero-order valence-electron chi connectivity index (χ0n) is 10.3. The van der Waals surface area contributed by atoms with Crippen LogP contribution >= 0.6 is 0 Å². The zero-order chi connectivity index (χ0) is 12.0. The van der Waals surface area contributed by atoms with E-state index in [4.69, 9.17) is 5.73 Å². The van der Waals surface area contributed by atoms with E-state index in [1.165, 1.54) is 44.8 Å². The van der Waals surface area contributed by atoms with Crippen LogP contribution in [0.3, 0.4) is 0 Å². The molecule has 1 saturated carbocycles. The van der Waals surface area contributed by atoms with Gasteiger partial charge in [-0.2, -0.15) is 0 Å². The minimum Gasteiger partial charge on any atom is -0.328 e. The lowest BCUT2D eigenvalue weighted by atomic mass is 9.85. The Morgan fingerprint density at radius 1 is 1.19 bits per heavy atom. The Morgan fingerprint density at radius 3 is 2.38 bits per heavy atom. The van der Waals surface area contributed by atoms with Crippen LogP contribution in [0, 0.1) is 5.92 Å². The maximum Gasteiger partial charge on any atom is 0.147 e. The summed E-state index contributed by atoms with van der Waals surface area (Å²) in [5.74, 6) is 1.08. The Morgan fingerprint density at radius 2 is 1.81 bits per heavy atom. The highest BCUT2D eigenvalue weighted by Gasteiger charge is 2.15. The van der Waals surface area contributed by atoms with Crippen molar-refractivity contribution in [2.75, 3.05) is 12.0 Å². The van der Waals surface area contributed by atoms with Gasteiger partial charge in [-0.15, -0.1) is 0 Å². The second kappa shape index (κ2) is 6.60. The molecule has 1 aliphatic carbocycles. The predicted molar refractivity (Wildman–Crippen MR) is 68.1 cm³/mol. The first-order valence-electron chi connectivity index (χ1n) is 6.40. The first kappa shape index (κ1) is 14.0. The first-order chi connectivity index (χ1) is 7.47. The number of nitrogens with two attached hydrogens (primary N) is 1. The summed E-state index contributed by atoms with van der Waals surface area (Å²) in [6, 6.07) is 0.0663. The van der Waals surface area contributed by atoms with Gasteiger partial charge >= 0.3 is 0 Å². The van der Waals surface area contributed by atoms with Crippen LogP contribution in [0.4, 0.5) is 0 Å². The monoisotopic (exact) mass is 247 g/mol. The standard InChI is InChI=1S/C12H25NO2S/c1-16(14,15)10-9-12(13)8-7-11-5-3-2-4-6-11/h11-12H,2-10,13H2,1H3. The summed E-state index contributed by atoms with van der Waals surface area (Å²) in [7, 11) is -2.84. The van der Waals surface area contributed by atoms with Gasteiger partial charge in [-0.1, -0.05) is 32.1 Å². The van der Waals surface area contributed by atoms with Gasteiger partial charge in [0.05, 0.1) is 5.75 Å². The van der Waals surface area contributed by atoms with Crippen LogP contribution in [-0.4, -0.2) is 26.5 Å². The van der Waals surface area contributed by atoms with E-state index >= 15 is 0 Å². The van der Waals surface area contributed by atoms with Crippen molar-refractivity contribution in [2.24, 2.45) is 11.7 Å². The largest absolute Gasteiger partial charge is 0.328 e. The molecule has 2 N–H and O–H groups in total. The van der Waals surface area contributed by atoms with E-state index in [1.807, 2.05) is 0 Å². The quantitative estimate of drug-likeness (QED) is 0.782. The van der Waals surface area contributed by atoms with Crippen molar-refractivity contribution in [1.29, 1.82) is 0 Å². The summed E-state index contributed by atoms with van der Waals surface area (Å²) in [6.07, 6.45) is 10.9. The molecule has 1 aliphatic rings. The zero-order valence-corrected chi connectivity index (χ0v) is 11.1. The Hall–Kier alpha value is -0.0900. The van der Waals surface area contributed by atoms with Gasteiger partial charge in [0.1, 0.15) is 9.84 Å². The third-order valence-corrected chi connectivity index (χ3v) is 4.51. The molecule has 0 aromatic carbocycles. The molecule has 0 aliphatic heterocycles. The molecule has 0 aromatic rings. The van der Waals surface area contributed by atoms with Gasteiger partial charge in [-0.05, 0) is 25.2 Å². The summed E-state index contributed by atoms with van der Waals surface area (Å²) in [4.78, 5) is 0. The molecule has 1 atom stereocenters. The van der Waals surface area contributed by atoms with Gasteiger partial charge in [0.25, 0.3) is 0 Å². The van der Waals surface area contributed by atoms with E-state index in [-0.39, 0.29) is 11.8 Å². The SMILES string of the molecule is CS(=O)(=O)CCC(N)CCC1CCCCC1. The van der Waals surface area contributed by atoms with Crippen molar-refractivity contribution >= 4 is 9.84 Å². The maximum absolute atomic E-state index is 11.0. The summed E-state index contributed by atoms with van der Waals surface area (Å²) in [5.41, 5.74) is 5.93. The van der Waals surface area contributed by atoms with Crippen LogP contribution in [0.5, 0.6) is 0 Å². The lowest BCUT2D eigenvalue weighted by molar-refractivity contribution is 0.322. The van der Waals surface area contributed by atoms with Crippen LogP contribution < -0.4 is 5.73 Å². The highest BCUT2D eigenvalue weighted by Crippen LogP contribution is 2.27. The van der Waals surface area contributed by atoms with E-state index in [9.17, 15) is 8.42 Å². The lowest BCUT2D eigenvalue weighted by Gasteiger charge is -2.22. The molecule has 96 valence electrons. The van der Waals surface area contributed by atoms with Crippen molar-refractivity contribution < 1.29 is 8.42 Å². The fraction of sp³-hybridized carbons (Fsp3) is 1.00. The van der Waals surface area contributed by atoms with Gasteiger partial charge in [0.15, 0.2) is 0 Å². The molecule has 4 heteroatoms. The summed E-state index contributed by atoms with van der Waals surface area (Å²) in [5, 5.41) is 0. The first-order valence-corrected chi connectivity index (χ1v) is 8.47. The molecule has 0 aromatic heterocycles. The van der Waals surface area contributed by atoms with Crippen molar-refractivity contribution in [3.05, 3.63) is 0 Å². The fourth-order valence-corrected chi connectivity index (χ4v) is 3.17. The number of hydrogen-bond donors (Lipinski definition) is 1. The minimum absolute atomic E-state index is 0.0663. The fourth-order valence-electron chi connectivity index (χ4n) is 2.44. The normalized spacial score (nSPS) is 20.9. The second-order valence-corrected chi connectivity index (χ2v) is 7.52. The van der Waals surface area contributed by atoms with Crippen LogP contribution in [-0.2, 0) is 9.84 Å². The van der Waals surface area contributed by atoms with Gasteiger partial charge in [-0.25, -0.2) is 8.42 Å². The van der Waals surface area contributed by atoms with Crippen LogP contribution in [0.25, 0.3) is 0 Å². The Balaban J connectivity index is 2.11. The molecule has 0 heterocycles. The molecule has 0 spiro atoms. The molecular formula is C12H25NO2S. The average molecular weight is 247 g/mol. The van der Waals surface area contributed by atoms with E-state index in [0.29, 0.717) is 6.42 Å². The summed E-state index contributed by atoms with van der Waals surface area (Å²) >= 11 is 0. The Labute approximate surface area is 99.7 Å². The molecule has 0 radical (unpaired) electrons. The van der Waals surface area contributed by atoms with Gasteiger partial charge in [0.2, 0.25) is 0 Å². The molecule has 0 amide bonds. The highest BCUT2D eigenvalue weighted by atomic mass is 32.2. The molecule has 0 bridgehead atoms. The second-order valence-electron chi connectivity index (χ2n) is 5.26. The van der Waals surface area contributed by atoms with Crippen molar-refractivity contribution in [1.82, 2.24) is 0 Å². The van der Waals surface area contributed by atoms with E-state index in [0.717, 1.165) is 12.3 Å². The van der Waals surface area contributed by atoms with Crippen LogP contribution in [0.2, 0.25) is 0 Å². The van der Waals surface area contributed by atoms with E-state index in [1.54, 1.807) is 0 Å². The van der Waals surface area contributed by atoms with Crippen LogP contribution in [0.15, 0.2) is 0 Å². The Kier molecular flexibility index (Phi) is 5.76. The maximum atomic E-state index is 11.0. The molecular weight excluding hydrogens is 222 g/mol. The van der Waals surface area contributed by atoms with Crippen LogP contribution in [0.1, 0.15) is 51.4 Å². The molecule has 1 rings (SSSR count). The molecule has 1 fully saturated rings. The minimum atomic E-state index is -2.84. The summed E-state index contributed by atoms with van der Waals surface area (Å²) < 4.78 is 22.0. The molecule has 3 nitrogen and oxygen atoms in total. The number of rotatable bonds is 6. The van der Waals surface area contributed by atoms with Gasteiger partial charge in [0, 0.05) is 12.3 Å². The van der Waals surface area contributed by atoms with E-state index in [2.05, 4.69) is 0 Å². The van der Waals surface area contributed by atoms with E-state index < -0.39 is 9.84 Å². The van der Waals surface area contributed by atoms with Gasteiger partial charge < -0.3 is 5.73 Å². The van der Waals surface area contributed by atoms with Crippen molar-refractivity contribution in [2.45, 2.75) is 57.4 Å². The third kappa shape index (κ3) is 6.48. The topological polar surface area (TPSA) is 60.2 Å². The van der Waals surface area contributed by atoms with Crippen molar-refractivity contribution in [3.8, 4) is 0 Å². The Bertz CT molecular complexity index is 281. The number of hydrogen-bond acceptors (Lipinski definition) is 3. The molecule has 1 unspecified atom stereocenters. The third-order valence-electron chi connectivity index (χ3n) is 3.53. The molecule has 16 heavy (non-hydrogen) atoms. The van der Waals surface area contributed by atoms with Gasteiger partial charge in [-0.3, -0.25) is 0 Å². The smallest absolute Gasteiger partial charge is 0.147 e. The molecule has 0 saturated heterocycles. The summed E-state index contributed by atoms with van der Waals surface area (Å²) in [6.45, 7) is 0. The lowest BCUT2D eigenvalue weighted by Crippen LogP contribution is -2.24. The number of sulfone groups is 1. The average Bonchev–Trinajstić information content (AvgIpc) is 2.24. The van der Waals surface area contributed by atoms with Crippen molar-refractivity contribution in [3.63, 3.8) is 0 Å².